The minimum absolute atomic E-state index is 0.191. The minimum atomic E-state index is -1.04. The number of hydrogen-bond donors (Lipinski definition) is 1. The van der Waals surface area contributed by atoms with Crippen molar-refractivity contribution < 1.29 is 14.0 Å². The zero-order valence-electron chi connectivity index (χ0n) is 21.4. The summed E-state index contributed by atoms with van der Waals surface area (Å²) in [5, 5.41) is 4.91. The molecule has 1 unspecified atom stereocenters. The van der Waals surface area contributed by atoms with Crippen LogP contribution in [0, 0.1) is 5.82 Å². The molecule has 8 nitrogen and oxygen atoms in total. The fraction of sp³-hybridized carbons (Fsp3) is 0.241. The molecule has 198 valence electrons. The third kappa shape index (κ3) is 5.13. The number of nitrogens with one attached hydrogen (secondary N) is 1. The standard InChI is InChI=1S/C29H27FN6O2S/c1-34-12-14-35(15-13-34)23-8-5-19(6-9-23)24-10-7-21-18-36(28(38)25(21)32-24)26(20-3-2-4-22(30)17-20)27(37)33-29-31-11-16-39-29/h2-11,16-17,26H,12-15,18H2,1H3,(H,31,33,37). The van der Waals surface area contributed by atoms with Crippen molar-refractivity contribution in [3.05, 3.63) is 94.9 Å². The number of benzene rings is 2. The van der Waals surface area contributed by atoms with Gasteiger partial charge in [0.05, 0.1) is 5.69 Å². The maximum absolute atomic E-state index is 14.2. The molecule has 6 rings (SSSR count). The van der Waals surface area contributed by atoms with Crippen molar-refractivity contribution in [2.75, 3.05) is 43.4 Å². The van der Waals surface area contributed by atoms with Crippen LogP contribution in [0.2, 0.25) is 0 Å². The smallest absolute Gasteiger partial charge is 0.274 e. The molecule has 1 saturated heterocycles. The van der Waals surface area contributed by atoms with Gasteiger partial charge < -0.3 is 14.7 Å². The summed E-state index contributed by atoms with van der Waals surface area (Å²) >= 11 is 1.27. The number of piperazine rings is 1. The van der Waals surface area contributed by atoms with Crippen LogP contribution < -0.4 is 10.2 Å². The highest BCUT2D eigenvalue weighted by atomic mass is 32.1. The van der Waals surface area contributed by atoms with Crippen LogP contribution in [0.15, 0.2) is 72.2 Å². The average Bonchev–Trinajstić information content (AvgIpc) is 3.57. The number of hydrogen-bond acceptors (Lipinski definition) is 7. The van der Waals surface area contributed by atoms with E-state index in [2.05, 4.69) is 39.3 Å². The predicted octanol–water partition coefficient (Wildman–Crippen LogP) is 4.43. The Balaban J connectivity index is 1.26. The van der Waals surface area contributed by atoms with E-state index >= 15 is 0 Å². The molecule has 0 spiro atoms. The maximum atomic E-state index is 14.2. The molecule has 0 aliphatic carbocycles. The Bertz CT molecular complexity index is 1500. The number of aromatic nitrogens is 2. The number of carbonyl (C=O) groups excluding carboxylic acids is 2. The van der Waals surface area contributed by atoms with Crippen LogP contribution in [0.3, 0.4) is 0 Å². The van der Waals surface area contributed by atoms with E-state index in [1.807, 2.05) is 24.3 Å². The fourth-order valence-electron chi connectivity index (χ4n) is 5.08. The lowest BCUT2D eigenvalue weighted by atomic mass is 10.0. The van der Waals surface area contributed by atoms with E-state index in [1.165, 1.54) is 40.1 Å². The molecule has 39 heavy (non-hydrogen) atoms. The largest absolute Gasteiger partial charge is 0.369 e. The lowest BCUT2D eigenvalue weighted by molar-refractivity contribution is -0.120. The Labute approximate surface area is 229 Å². The summed E-state index contributed by atoms with van der Waals surface area (Å²) in [6, 6.07) is 16.7. The molecule has 1 fully saturated rings. The normalized spacial score (nSPS) is 16.3. The summed E-state index contributed by atoms with van der Waals surface area (Å²) in [4.78, 5) is 42.0. The van der Waals surface area contributed by atoms with Gasteiger partial charge in [-0.15, -0.1) is 11.3 Å². The second kappa shape index (κ2) is 10.5. The molecule has 4 aromatic rings. The zero-order valence-corrected chi connectivity index (χ0v) is 22.2. The first kappa shape index (κ1) is 25.1. The Morgan fingerprint density at radius 1 is 1.05 bits per heavy atom. The van der Waals surface area contributed by atoms with Crippen molar-refractivity contribution in [2.24, 2.45) is 0 Å². The Morgan fingerprint density at radius 3 is 2.56 bits per heavy atom. The third-order valence-corrected chi connectivity index (χ3v) is 7.89. The molecule has 0 saturated carbocycles. The second-order valence-corrected chi connectivity index (χ2v) is 10.7. The SMILES string of the molecule is CN1CCN(c2ccc(-c3ccc4c(n3)C(=O)N(C(C(=O)Nc3nccs3)c3cccc(F)c3)C4)cc2)CC1. The van der Waals surface area contributed by atoms with Crippen molar-refractivity contribution in [1.82, 2.24) is 19.8 Å². The third-order valence-electron chi connectivity index (χ3n) is 7.20. The summed E-state index contributed by atoms with van der Waals surface area (Å²) in [5.41, 5.74) is 4.17. The Hall–Kier alpha value is -4.15. The van der Waals surface area contributed by atoms with Gasteiger partial charge in [-0.1, -0.05) is 30.3 Å². The van der Waals surface area contributed by atoms with Gasteiger partial charge in [-0.2, -0.15) is 0 Å². The molecule has 2 amide bonds. The molecular weight excluding hydrogens is 515 g/mol. The first-order chi connectivity index (χ1) is 19.0. The monoisotopic (exact) mass is 542 g/mol. The van der Waals surface area contributed by atoms with Crippen LogP contribution in [0.4, 0.5) is 15.2 Å². The van der Waals surface area contributed by atoms with Crippen molar-refractivity contribution in [3.63, 3.8) is 0 Å². The highest BCUT2D eigenvalue weighted by Gasteiger charge is 2.39. The average molecular weight is 543 g/mol. The lowest BCUT2D eigenvalue weighted by Crippen LogP contribution is -2.44. The van der Waals surface area contributed by atoms with E-state index < -0.39 is 17.8 Å². The number of fused-ring (bicyclic) bond motifs is 1. The molecule has 1 N–H and O–H groups in total. The summed E-state index contributed by atoms with van der Waals surface area (Å²) in [6.45, 7) is 4.23. The van der Waals surface area contributed by atoms with Gasteiger partial charge in [-0.05, 0) is 42.9 Å². The van der Waals surface area contributed by atoms with Gasteiger partial charge in [0, 0.05) is 61.1 Å². The van der Waals surface area contributed by atoms with Gasteiger partial charge in [0.15, 0.2) is 5.13 Å². The summed E-state index contributed by atoms with van der Waals surface area (Å²) in [6.07, 6.45) is 1.58. The molecule has 1 atom stereocenters. The molecule has 10 heteroatoms. The van der Waals surface area contributed by atoms with E-state index in [-0.39, 0.29) is 12.5 Å². The number of anilines is 2. The van der Waals surface area contributed by atoms with E-state index in [0.29, 0.717) is 22.1 Å². The van der Waals surface area contributed by atoms with Crippen LogP contribution in [0.5, 0.6) is 0 Å². The van der Waals surface area contributed by atoms with Crippen molar-refractivity contribution in [3.8, 4) is 11.3 Å². The van der Waals surface area contributed by atoms with Gasteiger partial charge in [-0.25, -0.2) is 14.4 Å². The first-order valence-electron chi connectivity index (χ1n) is 12.8. The molecule has 0 radical (unpaired) electrons. The number of likely N-dealkylation sites (N-methyl/N-ethyl adjacent to an activating group) is 1. The van der Waals surface area contributed by atoms with Crippen molar-refractivity contribution in [2.45, 2.75) is 12.6 Å². The summed E-state index contributed by atoms with van der Waals surface area (Å²) < 4.78 is 14.2. The number of pyridine rings is 1. The lowest BCUT2D eigenvalue weighted by Gasteiger charge is -2.34. The number of halogens is 1. The van der Waals surface area contributed by atoms with Crippen LogP contribution in [0.1, 0.15) is 27.7 Å². The number of rotatable bonds is 6. The Kier molecular flexibility index (Phi) is 6.80. The van der Waals surface area contributed by atoms with E-state index in [1.54, 1.807) is 17.6 Å². The van der Waals surface area contributed by atoms with Crippen molar-refractivity contribution in [1.29, 1.82) is 0 Å². The number of nitrogens with zero attached hydrogens (tertiary/aromatic N) is 5. The van der Waals surface area contributed by atoms with Crippen LogP contribution >= 0.6 is 11.3 Å². The molecular formula is C29H27FN6O2S. The fourth-order valence-corrected chi connectivity index (χ4v) is 5.61. The van der Waals surface area contributed by atoms with Gasteiger partial charge in [-0.3, -0.25) is 14.9 Å². The van der Waals surface area contributed by atoms with Crippen LogP contribution in [-0.2, 0) is 11.3 Å². The van der Waals surface area contributed by atoms with Crippen LogP contribution in [0.25, 0.3) is 11.3 Å². The number of carbonyl (C=O) groups is 2. The van der Waals surface area contributed by atoms with Gasteiger partial charge in [0.2, 0.25) is 0 Å². The first-order valence-corrected chi connectivity index (χ1v) is 13.6. The highest BCUT2D eigenvalue weighted by Crippen LogP contribution is 2.34. The molecule has 4 heterocycles. The summed E-state index contributed by atoms with van der Waals surface area (Å²) in [5.74, 6) is -1.31. The van der Waals surface area contributed by atoms with Gasteiger partial charge >= 0.3 is 0 Å². The Morgan fingerprint density at radius 2 is 1.85 bits per heavy atom. The number of amides is 2. The molecule has 0 bridgehead atoms. The minimum Gasteiger partial charge on any atom is -0.369 e. The van der Waals surface area contributed by atoms with Crippen LogP contribution in [-0.4, -0.2) is 64.8 Å². The van der Waals surface area contributed by atoms with Crippen molar-refractivity contribution >= 4 is 34.0 Å². The maximum Gasteiger partial charge on any atom is 0.274 e. The highest BCUT2D eigenvalue weighted by molar-refractivity contribution is 7.13. The topological polar surface area (TPSA) is 81.7 Å². The summed E-state index contributed by atoms with van der Waals surface area (Å²) in [7, 11) is 2.14. The second-order valence-electron chi connectivity index (χ2n) is 9.76. The zero-order chi connectivity index (χ0) is 26.9. The molecule has 2 aliphatic rings. The van der Waals surface area contributed by atoms with E-state index in [4.69, 9.17) is 4.98 Å². The van der Waals surface area contributed by atoms with E-state index in [0.717, 1.165) is 37.3 Å². The van der Waals surface area contributed by atoms with Gasteiger partial charge in [0.1, 0.15) is 17.6 Å². The quantitative estimate of drug-likeness (QED) is 0.388. The van der Waals surface area contributed by atoms with E-state index in [9.17, 15) is 14.0 Å². The molecule has 2 aliphatic heterocycles. The molecule has 2 aromatic heterocycles. The predicted molar refractivity (Wildman–Crippen MR) is 149 cm³/mol. The number of thiazole rings is 1. The molecule has 2 aromatic carbocycles. The van der Waals surface area contributed by atoms with Gasteiger partial charge in [0.25, 0.3) is 11.8 Å².